The molecule has 0 spiro atoms. The molecule has 0 heterocycles. The number of hydrogen-bond donors (Lipinski definition) is 7. The fourth-order valence-electron chi connectivity index (χ4n) is 2.37. The molecule has 1 aromatic carbocycles. The molecular weight excluding hydrogens is 384 g/mol. The quantitative estimate of drug-likeness (QED) is 0.202. The number of carboxylic acid groups (broad SMARTS) is 1. The molecule has 0 aliphatic carbocycles. The molecule has 0 saturated heterocycles. The van der Waals surface area contributed by atoms with Crippen molar-refractivity contribution in [2.75, 3.05) is 13.2 Å². The Kier molecular flexibility index (Phi) is 9.72. The summed E-state index contributed by atoms with van der Waals surface area (Å²) in [5, 5.41) is 34.2. The van der Waals surface area contributed by atoms with Crippen molar-refractivity contribution in [3.63, 3.8) is 0 Å². The van der Waals surface area contributed by atoms with Crippen LogP contribution >= 0.6 is 0 Å². The highest BCUT2D eigenvalue weighted by atomic mass is 16.4. The molecule has 0 fully saturated rings. The lowest BCUT2D eigenvalue weighted by Gasteiger charge is -2.24. The Morgan fingerprint density at radius 1 is 1.03 bits per heavy atom. The van der Waals surface area contributed by atoms with Gasteiger partial charge >= 0.3 is 5.97 Å². The van der Waals surface area contributed by atoms with E-state index in [4.69, 9.17) is 10.8 Å². The molecule has 4 atom stereocenters. The summed E-state index contributed by atoms with van der Waals surface area (Å²) in [6.45, 7) is -0.265. The number of aliphatic hydroxyl groups is 2. The summed E-state index contributed by atoms with van der Waals surface area (Å²) >= 11 is 0. The average Bonchev–Trinajstić information content (AvgIpc) is 2.68. The maximum Gasteiger partial charge on any atom is 0.322 e. The summed E-state index contributed by atoms with van der Waals surface area (Å²) in [5.74, 6) is -3.86. The smallest absolute Gasteiger partial charge is 0.322 e. The minimum absolute atomic E-state index is 0.209. The van der Waals surface area contributed by atoms with Gasteiger partial charge in [0.25, 0.3) is 0 Å². The third kappa shape index (κ3) is 8.25. The summed E-state index contributed by atoms with van der Waals surface area (Å²) in [7, 11) is 0. The Hall–Kier alpha value is -3.02. The zero-order valence-electron chi connectivity index (χ0n) is 15.9. The summed E-state index contributed by atoms with van der Waals surface area (Å²) in [4.78, 5) is 47.0. The molecule has 0 saturated carbocycles. The van der Waals surface area contributed by atoms with Crippen molar-refractivity contribution in [2.24, 2.45) is 5.73 Å². The summed E-state index contributed by atoms with van der Waals surface area (Å²) in [5.41, 5.74) is 6.64. The van der Waals surface area contributed by atoms with Crippen LogP contribution in [0, 0.1) is 0 Å². The lowest BCUT2D eigenvalue weighted by molar-refractivity contribution is -0.139. The fourth-order valence-corrected chi connectivity index (χ4v) is 2.37. The Morgan fingerprint density at radius 2 is 1.66 bits per heavy atom. The SMILES string of the molecule is CC(O)C(NC(=O)C(CO)NC(=O)C(N)Cc1ccccc1)C(=O)NCC(=O)O. The molecule has 11 nitrogen and oxygen atoms in total. The van der Waals surface area contributed by atoms with Gasteiger partial charge in [-0.15, -0.1) is 0 Å². The number of aliphatic hydroxyl groups excluding tert-OH is 2. The number of carbonyl (C=O) groups excluding carboxylic acids is 3. The van der Waals surface area contributed by atoms with Crippen molar-refractivity contribution < 1.29 is 34.5 Å². The second-order valence-electron chi connectivity index (χ2n) is 6.38. The summed E-state index contributed by atoms with van der Waals surface area (Å²) in [6, 6.07) is 5.07. The van der Waals surface area contributed by atoms with E-state index in [0.717, 1.165) is 5.56 Å². The first kappa shape index (κ1) is 24.0. The first-order chi connectivity index (χ1) is 13.6. The Morgan fingerprint density at radius 3 is 2.17 bits per heavy atom. The maximum atomic E-state index is 12.3. The molecule has 0 aromatic heterocycles. The van der Waals surface area contributed by atoms with Gasteiger partial charge in [0.2, 0.25) is 17.7 Å². The molecule has 0 bridgehead atoms. The Labute approximate surface area is 167 Å². The molecule has 160 valence electrons. The number of nitrogens with two attached hydrogens (primary N) is 1. The van der Waals surface area contributed by atoms with E-state index in [0.29, 0.717) is 0 Å². The number of benzene rings is 1. The molecule has 8 N–H and O–H groups in total. The van der Waals surface area contributed by atoms with Gasteiger partial charge in [0.15, 0.2) is 0 Å². The zero-order chi connectivity index (χ0) is 22.0. The van der Waals surface area contributed by atoms with Crippen LogP contribution in [0.3, 0.4) is 0 Å². The van der Waals surface area contributed by atoms with E-state index < -0.39 is 61.1 Å². The second-order valence-corrected chi connectivity index (χ2v) is 6.38. The van der Waals surface area contributed by atoms with E-state index in [1.165, 1.54) is 6.92 Å². The maximum absolute atomic E-state index is 12.3. The van der Waals surface area contributed by atoms with E-state index in [1.54, 1.807) is 24.3 Å². The first-order valence-electron chi connectivity index (χ1n) is 8.84. The number of nitrogens with one attached hydrogen (secondary N) is 3. The number of rotatable bonds is 11. The molecular formula is C18H26N4O7. The Balaban J connectivity index is 2.69. The van der Waals surface area contributed by atoms with Gasteiger partial charge in [-0.1, -0.05) is 30.3 Å². The predicted molar refractivity (Wildman–Crippen MR) is 101 cm³/mol. The number of amides is 3. The van der Waals surface area contributed by atoms with E-state index in [-0.39, 0.29) is 6.42 Å². The van der Waals surface area contributed by atoms with E-state index in [1.807, 2.05) is 11.4 Å². The van der Waals surface area contributed by atoms with Crippen molar-refractivity contribution in [3.8, 4) is 0 Å². The molecule has 0 aliphatic heterocycles. The summed E-state index contributed by atoms with van der Waals surface area (Å²) < 4.78 is 0. The minimum atomic E-state index is -1.48. The van der Waals surface area contributed by atoms with Crippen molar-refractivity contribution in [3.05, 3.63) is 35.9 Å². The van der Waals surface area contributed by atoms with Gasteiger partial charge in [0.1, 0.15) is 18.6 Å². The molecule has 11 heteroatoms. The van der Waals surface area contributed by atoms with Crippen LogP contribution in [0.1, 0.15) is 12.5 Å². The fraction of sp³-hybridized carbons (Fsp3) is 0.444. The lowest BCUT2D eigenvalue weighted by atomic mass is 10.1. The van der Waals surface area contributed by atoms with E-state index >= 15 is 0 Å². The van der Waals surface area contributed by atoms with Gasteiger partial charge in [0.05, 0.1) is 18.8 Å². The molecule has 0 radical (unpaired) electrons. The molecule has 3 amide bonds. The van der Waals surface area contributed by atoms with Crippen molar-refractivity contribution in [1.29, 1.82) is 0 Å². The molecule has 1 rings (SSSR count). The van der Waals surface area contributed by atoms with Crippen molar-refractivity contribution in [1.82, 2.24) is 16.0 Å². The van der Waals surface area contributed by atoms with Crippen molar-refractivity contribution >= 4 is 23.7 Å². The predicted octanol–water partition coefficient (Wildman–Crippen LogP) is -2.90. The van der Waals surface area contributed by atoms with Gasteiger partial charge in [-0.3, -0.25) is 19.2 Å². The highest BCUT2D eigenvalue weighted by Crippen LogP contribution is 2.02. The summed E-state index contributed by atoms with van der Waals surface area (Å²) in [6.07, 6.45) is -1.15. The van der Waals surface area contributed by atoms with Crippen molar-refractivity contribution in [2.45, 2.75) is 37.6 Å². The number of carbonyl (C=O) groups is 4. The molecule has 0 aliphatic rings. The topological polar surface area (TPSA) is 191 Å². The standard InChI is InChI=1S/C18H26N4O7/c1-10(24)15(18(29)20-8-14(25)26)22-17(28)13(9-23)21-16(27)12(19)7-11-5-3-2-4-6-11/h2-6,10,12-13,15,23-24H,7-9,19H2,1H3,(H,20,29)(H,21,27)(H,22,28)(H,25,26). The lowest BCUT2D eigenvalue weighted by Crippen LogP contribution is -2.59. The van der Waals surface area contributed by atoms with Crippen LogP contribution in [-0.2, 0) is 25.6 Å². The van der Waals surface area contributed by atoms with E-state index in [9.17, 15) is 29.4 Å². The van der Waals surface area contributed by atoms with Crippen LogP contribution < -0.4 is 21.7 Å². The van der Waals surface area contributed by atoms with Crippen LogP contribution in [0.5, 0.6) is 0 Å². The third-order valence-corrected chi connectivity index (χ3v) is 3.93. The van der Waals surface area contributed by atoms with Gasteiger partial charge in [-0.2, -0.15) is 0 Å². The number of carboxylic acids is 1. The van der Waals surface area contributed by atoms with Crippen LogP contribution in [0.25, 0.3) is 0 Å². The molecule has 29 heavy (non-hydrogen) atoms. The zero-order valence-corrected chi connectivity index (χ0v) is 15.9. The normalized spacial score (nSPS) is 14.8. The van der Waals surface area contributed by atoms with Gasteiger partial charge in [0, 0.05) is 0 Å². The minimum Gasteiger partial charge on any atom is -0.480 e. The van der Waals surface area contributed by atoms with Crippen LogP contribution in [0.4, 0.5) is 0 Å². The molecule has 4 unspecified atom stereocenters. The Bertz CT molecular complexity index is 711. The number of aliphatic carboxylic acids is 1. The highest BCUT2D eigenvalue weighted by Gasteiger charge is 2.30. The largest absolute Gasteiger partial charge is 0.480 e. The van der Waals surface area contributed by atoms with Crippen LogP contribution in [0.15, 0.2) is 30.3 Å². The highest BCUT2D eigenvalue weighted by molar-refractivity contribution is 5.94. The second kappa shape index (κ2) is 11.7. The molecule has 1 aromatic rings. The van der Waals surface area contributed by atoms with Crippen LogP contribution in [0.2, 0.25) is 0 Å². The number of hydrogen-bond acceptors (Lipinski definition) is 7. The van der Waals surface area contributed by atoms with Crippen LogP contribution in [-0.4, -0.2) is 76.4 Å². The van der Waals surface area contributed by atoms with E-state index in [2.05, 4.69) is 10.6 Å². The van der Waals surface area contributed by atoms with Gasteiger partial charge in [-0.05, 0) is 18.9 Å². The monoisotopic (exact) mass is 410 g/mol. The first-order valence-corrected chi connectivity index (χ1v) is 8.84. The van der Waals surface area contributed by atoms with Gasteiger partial charge < -0.3 is 37.0 Å². The third-order valence-electron chi connectivity index (χ3n) is 3.93. The van der Waals surface area contributed by atoms with Gasteiger partial charge in [-0.25, -0.2) is 0 Å². The average molecular weight is 410 g/mol.